The zero-order chi connectivity index (χ0) is 15.6. The predicted molar refractivity (Wildman–Crippen MR) is 89.7 cm³/mol. The molecule has 1 fully saturated rings. The van der Waals surface area contributed by atoms with Gasteiger partial charge in [0.15, 0.2) is 0 Å². The number of ketones is 1. The van der Waals surface area contributed by atoms with Crippen molar-refractivity contribution in [1.29, 1.82) is 0 Å². The first-order valence-electron chi connectivity index (χ1n) is 8.44. The van der Waals surface area contributed by atoms with E-state index in [0.717, 1.165) is 19.3 Å². The third kappa shape index (κ3) is 3.56. The molecule has 1 saturated carbocycles. The molecule has 116 valence electrons. The molecule has 0 atom stereocenters. The SMILES string of the molecule is Cc1cc(C)c(CC(=O)C2(CC(C)C)CCCC2)c(C)c1. The average molecular weight is 286 g/mol. The van der Waals surface area contributed by atoms with E-state index in [2.05, 4.69) is 46.8 Å². The second kappa shape index (κ2) is 6.34. The van der Waals surface area contributed by atoms with Crippen LogP contribution in [0.4, 0.5) is 0 Å². The van der Waals surface area contributed by atoms with Crippen LogP contribution in [0.1, 0.15) is 68.2 Å². The van der Waals surface area contributed by atoms with Crippen molar-refractivity contribution in [3.8, 4) is 0 Å². The van der Waals surface area contributed by atoms with E-state index < -0.39 is 0 Å². The van der Waals surface area contributed by atoms with Crippen LogP contribution in [0.25, 0.3) is 0 Å². The second-order valence-corrected chi connectivity index (χ2v) is 7.56. The van der Waals surface area contributed by atoms with E-state index in [1.165, 1.54) is 35.1 Å². The Morgan fingerprint density at radius 3 is 2.10 bits per heavy atom. The summed E-state index contributed by atoms with van der Waals surface area (Å²) in [6.45, 7) is 10.9. The van der Waals surface area contributed by atoms with E-state index in [4.69, 9.17) is 0 Å². The van der Waals surface area contributed by atoms with Gasteiger partial charge < -0.3 is 0 Å². The van der Waals surface area contributed by atoms with E-state index in [1.807, 2.05) is 0 Å². The smallest absolute Gasteiger partial charge is 0.143 e. The van der Waals surface area contributed by atoms with Crippen LogP contribution in [-0.2, 0) is 11.2 Å². The van der Waals surface area contributed by atoms with Gasteiger partial charge in [-0.3, -0.25) is 4.79 Å². The number of aryl methyl sites for hydroxylation is 3. The van der Waals surface area contributed by atoms with Crippen LogP contribution in [0, 0.1) is 32.1 Å². The average Bonchev–Trinajstić information content (AvgIpc) is 2.82. The molecule has 0 radical (unpaired) electrons. The molecule has 0 unspecified atom stereocenters. The summed E-state index contributed by atoms with van der Waals surface area (Å²) in [5, 5.41) is 0. The lowest BCUT2D eigenvalue weighted by Gasteiger charge is -2.30. The maximum atomic E-state index is 13.1. The Balaban J connectivity index is 2.24. The lowest BCUT2D eigenvalue weighted by atomic mass is 9.73. The number of carbonyl (C=O) groups excluding carboxylic acids is 1. The van der Waals surface area contributed by atoms with Crippen molar-refractivity contribution in [2.24, 2.45) is 11.3 Å². The van der Waals surface area contributed by atoms with Crippen molar-refractivity contribution in [3.63, 3.8) is 0 Å². The van der Waals surface area contributed by atoms with Gasteiger partial charge in [0.2, 0.25) is 0 Å². The van der Waals surface area contributed by atoms with Crippen molar-refractivity contribution in [1.82, 2.24) is 0 Å². The normalized spacial score (nSPS) is 17.4. The van der Waals surface area contributed by atoms with E-state index >= 15 is 0 Å². The Hall–Kier alpha value is -1.11. The summed E-state index contributed by atoms with van der Waals surface area (Å²) < 4.78 is 0. The van der Waals surface area contributed by atoms with E-state index in [1.54, 1.807) is 0 Å². The molecule has 0 N–H and O–H groups in total. The molecule has 0 spiro atoms. The number of benzene rings is 1. The quantitative estimate of drug-likeness (QED) is 0.715. The molecule has 1 aliphatic rings. The first-order valence-corrected chi connectivity index (χ1v) is 8.44. The van der Waals surface area contributed by atoms with Crippen molar-refractivity contribution in [3.05, 3.63) is 34.4 Å². The van der Waals surface area contributed by atoms with Crippen LogP contribution in [0.5, 0.6) is 0 Å². The monoisotopic (exact) mass is 286 g/mol. The highest BCUT2D eigenvalue weighted by Gasteiger charge is 2.40. The molecule has 0 aromatic heterocycles. The maximum Gasteiger partial charge on any atom is 0.143 e. The second-order valence-electron chi connectivity index (χ2n) is 7.56. The molecular weight excluding hydrogens is 256 g/mol. The third-order valence-corrected chi connectivity index (χ3v) is 5.13. The largest absolute Gasteiger partial charge is 0.299 e. The van der Waals surface area contributed by atoms with Crippen molar-refractivity contribution in [2.45, 2.75) is 73.1 Å². The number of hydrogen-bond acceptors (Lipinski definition) is 1. The molecule has 0 saturated heterocycles. The van der Waals surface area contributed by atoms with Crippen molar-refractivity contribution in [2.75, 3.05) is 0 Å². The fraction of sp³-hybridized carbons (Fsp3) is 0.650. The molecule has 0 amide bonds. The Morgan fingerprint density at radius 2 is 1.62 bits per heavy atom. The number of carbonyl (C=O) groups is 1. The first kappa shape index (κ1) is 16.3. The van der Waals surface area contributed by atoms with E-state index in [0.29, 0.717) is 18.1 Å². The van der Waals surface area contributed by atoms with Gasteiger partial charge in [-0.2, -0.15) is 0 Å². The van der Waals surface area contributed by atoms with Gasteiger partial charge in [-0.05, 0) is 62.6 Å². The van der Waals surface area contributed by atoms with Gasteiger partial charge in [-0.1, -0.05) is 44.4 Å². The Bertz CT molecular complexity index is 496. The van der Waals surface area contributed by atoms with Crippen LogP contribution in [0.15, 0.2) is 12.1 Å². The van der Waals surface area contributed by atoms with Crippen LogP contribution >= 0.6 is 0 Å². The molecule has 21 heavy (non-hydrogen) atoms. The van der Waals surface area contributed by atoms with Crippen LogP contribution in [0.3, 0.4) is 0 Å². The number of hydrogen-bond donors (Lipinski definition) is 0. The summed E-state index contributed by atoms with van der Waals surface area (Å²) in [6, 6.07) is 4.42. The van der Waals surface area contributed by atoms with Gasteiger partial charge in [0.1, 0.15) is 5.78 Å². The van der Waals surface area contributed by atoms with E-state index in [-0.39, 0.29) is 5.41 Å². The summed E-state index contributed by atoms with van der Waals surface area (Å²) in [4.78, 5) is 13.1. The molecule has 1 aliphatic carbocycles. The van der Waals surface area contributed by atoms with Gasteiger partial charge in [-0.15, -0.1) is 0 Å². The van der Waals surface area contributed by atoms with Crippen molar-refractivity contribution >= 4 is 5.78 Å². The Kier molecular flexibility index (Phi) is 4.91. The van der Waals surface area contributed by atoms with Gasteiger partial charge in [0.25, 0.3) is 0 Å². The Labute approximate surface area is 130 Å². The highest BCUT2D eigenvalue weighted by Crippen LogP contribution is 2.44. The van der Waals surface area contributed by atoms with E-state index in [9.17, 15) is 4.79 Å². The van der Waals surface area contributed by atoms with Gasteiger partial charge >= 0.3 is 0 Å². The molecule has 0 aliphatic heterocycles. The predicted octanol–water partition coefficient (Wildman–Crippen LogP) is 5.33. The summed E-state index contributed by atoms with van der Waals surface area (Å²) in [5.74, 6) is 1.09. The third-order valence-electron chi connectivity index (χ3n) is 5.13. The summed E-state index contributed by atoms with van der Waals surface area (Å²) in [7, 11) is 0. The zero-order valence-corrected chi connectivity index (χ0v) is 14.4. The highest BCUT2D eigenvalue weighted by molar-refractivity contribution is 5.87. The minimum atomic E-state index is -0.0298. The standard InChI is InChI=1S/C20H30O/c1-14(2)13-20(8-6-7-9-20)19(21)12-18-16(4)10-15(3)11-17(18)5/h10-11,14H,6-9,12-13H2,1-5H3. The zero-order valence-electron chi connectivity index (χ0n) is 14.4. The minimum Gasteiger partial charge on any atom is -0.299 e. The highest BCUT2D eigenvalue weighted by atomic mass is 16.1. The lowest BCUT2D eigenvalue weighted by molar-refractivity contribution is -0.128. The summed E-state index contributed by atoms with van der Waals surface area (Å²) in [5.41, 5.74) is 5.08. The van der Waals surface area contributed by atoms with Gasteiger partial charge in [-0.25, -0.2) is 0 Å². The lowest BCUT2D eigenvalue weighted by Crippen LogP contribution is -2.31. The Morgan fingerprint density at radius 1 is 1.10 bits per heavy atom. The fourth-order valence-corrected chi connectivity index (χ4v) is 4.27. The van der Waals surface area contributed by atoms with Crippen LogP contribution < -0.4 is 0 Å². The summed E-state index contributed by atoms with van der Waals surface area (Å²) in [6.07, 6.45) is 6.36. The molecule has 0 heterocycles. The molecule has 1 nitrogen and oxygen atoms in total. The maximum absolute atomic E-state index is 13.1. The molecule has 2 rings (SSSR count). The van der Waals surface area contributed by atoms with Crippen LogP contribution in [0.2, 0.25) is 0 Å². The van der Waals surface area contributed by atoms with Crippen molar-refractivity contribution < 1.29 is 4.79 Å². The number of Topliss-reactive ketones (excluding diaryl/α,β-unsaturated/α-hetero) is 1. The number of rotatable bonds is 5. The molecular formula is C20H30O. The topological polar surface area (TPSA) is 17.1 Å². The molecule has 0 bridgehead atoms. The molecule has 1 heteroatoms. The summed E-state index contributed by atoms with van der Waals surface area (Å²) >= 11 is 0. The van der Waals surface area contributed by atoms with Gasteiger partial charge in [0, 0.05) is 11.8 Å². The minimum absolute atomic E-state index is 0.0298. The molecule has 1 aromatic carbocycles. The molecule has 1 aromatic rings. The fourth-order valence-electron chi connectivity index (χ4n) is 4.27. The van der Waals surface area contributed by atoms with Gasteiger partial charge in [0.05, 0.1) is 0 Å². The van der Waals surface area contributed by atoms with Crippen LogP contribution in [-0.4, -0.2) is 5.78 Å². The first-order chi connectivity index (χ1) is 9.84.